The molecule has 4 heteroatoms. The molecule has 0 bridgehead atoms. The first-order chi connectivity index (χ1) is 6.40. The third kappa shape index (κ3) is 1.95. The summed E-state index contributed by atoms with van der Waals surface area (Å²) in [6.07, 6.45) is 2.18. The molecule has 0 aromatic carbocycles. The van der Waals surface area contributed by atoms with Crippen molar-refractivity contribution in [2.75, 3.05) is 0 Å². The van der Waals surface area contributed by atoms with E-state index in [1.807, 2.05) is 6.07 Å². The maximum Gasteiger partial charge on any atom is 0.157 e. The monoisotopic (exact) mass is 210 g/mol. The molecule has 0 aliphatic carbocycles. The lowest BCUT2D eigenvalue weighted by atomic mass is 10.4. The van der Waals surface area contributed by atoms with Gasteiger partial charge in [-0.1, -0.05) is 24.3 Å². The van der Waals surface area contributed by atoms with E-state index in [1.165, 1.54) is 4.88 Å². The van der Waals surface area contributed by atoms with Gasteiger partial charge in [-0.15, -0.1) is 21.5 Å². The number of thiophene rings is 1. The molecule has 68 valence electrons. The molecule has 2 rings (SSSR count). The minimum atomic E-state index is 1.04. The normalized spacial score (nSPS) is 10.5. The highest BCUT2D eigenvalue weighted by molar-refractivity contribution is 7.20. The van der Waals surface area contributed by atoms with Crippen LogP contribution in [-0.2, 0) is 6.42 Å². The molecule has 0 aliphatic heterocycles. The fraction of sp³-hybridized carbons (Fsp3) is 0.333. The lowest BCUT2D eigenvalue weighted by Gasteiger charge is -1.85. The molecule has 0 saturated carbocycles. The van der Waals surface area contributed by atoms with Gasteiger partial charge in [-0.25, -0.2) is 0 Å². The summed E-state index contributed by atoms with van der Waals surface area (Å²) < 4.78 is 0. The Balaban J connectivity index is 2.23. The number of aromatic nitrogens is 2. The first-order valence-corrected chi connectivity index (χ1v) is 5.96. The maximum atomic E-state index is 4.16. The van der Waals surface area contributed by atoms with Crippen molar-refractivity contribution >= 4 is 22.7 Å². The largest absolute Gasteiger partial charge is 0.157 e. The van der Waals surface area contributed by atoms with E-state index in [1.54, 1.807) is 22.7 Å². The lowest BCUT2D eigenvalue weighted by Crippen LogP contribution is -1.79. The SMILES string of the molecule is CCCc1nnc(-c2cccs2)s1. The van der Waals surface area contributed by atoms with E-state index >= 15 is 0 Å². The van der Waals surface area contributed by atoms with Crippen LogP contribution in [0.2, 0.25) is 0 Å². The van der Waals surface area contributed by atoms with Gasteiger partial charge >= 0.3 is 0 Å². The Morgan fingerprint density at radius 1 is 1.38 bits per heavy atom. The van der Waals surface area contributed by atoms with Gasteiger partial charge in [0.2, 0.25) is 0 Å². The fourth-order valence-electron chi connectivity index (χ4n) is 1.07. The molecular formula is C9H10N2S2. The lowest BCUT2D eigenvalue weighted by molar-refractivity contribution is 0.879. The van der Waals surface area contributed by atoms with E-state index in [0.29, 0.717) is 0 Å². The number of aryl methyl sites for hydroxylation is 1. The van der Waals surface area contributed by atoms with Gasteiger partial charge in [0.05, 0.1) is 4.88 Å². The van der Waals surface area contributed by atoms with Gasteiger partial charge in [-0.2, -0.15) is 0 Å². The van der Waals surface area contributed by atoms with Crippen molar-refractivity contribution in [1.82, 2.24) is 10.2 Å². The topological polar surface area (TPSA) is 25.8 Å². The van der Waals surface area contributed by atoms with Crippen molar-refractivity contribution in [3.8, 4) is 9.88 Å². The van der Waals surface area contributed by atoms with Crippen LogP contribution in [0.5, 0.6) is 0 Å². The Labute approximate surface area is 85.3 Å². The van der Waals surface area contributed by atoms with Crippen LogP contribution in [0, 0.1) is 0 Å². The first kappa shape index (κ1) is 8.84. The standard InChI is InChI=1S/C9H10N2S2/c1-2-4-8-10-11-9(13-8)7-5-3-6-12-7/h3,5-6H,2,4H2,1H3. The average molecular weight is 210 g/mol. The summed E-state index contributed by atoms with van der Waals surface area (Å²) >= 11 is 3.42. The molecule has 2 nitrogen and oxygen atoms in total. The molecule has 2 heterocycles. The number of hydrogen-bond donors (Lipinski definition) is 0. The fourth-order valence-corrected chi connectivity index (χ4v) is 2.80. The van der Waals surface area contributed by atoms with E-state index in [2.05, 4.69) is 28.6 Å². The third-order valence-electron chi connectivity index (χ3n) is 1.66. The van der Waals surface area contributed by atoms with Crippen LogP contribution < -0.4 is 0 Å². The van der Waals surface area contributed by atoms with Crippen LogP contribution in [-0.4, -0.2) is 10.2 Å². The molecule has 13 heavy (non-hydrogen) atoms. The average Bonchev–Trinajstić information content (AvgIpc) is 2.70. The van der Waals surface area contributed by atoms with Crippen molar-refractivity contribution in [3.63, 3.8) is 0 Å². The number of hydrogen-bond acceptors (Lipinski definition) is 4. The summed E-state index contributed by atoms with van der Waals surface area (Å²) in [5.41, 5.74) is 0. The van der Waals surface area contributed by atoms with E-state index in [4.69, 9.17) is 0 Å². The van der Waals surface area contributed by atoms with Crippen LogP contribution in [0.4, 0.5) is 0 Å². The van der Waals surface area contributed by atoms with Gasteiger partial charge in [0.25, 0.3) is 0 Å². The molecule has 0 aliphatic rings. The number of nitrogens with zero attached hydrogens (tertiary/aromatic N) is 2. The maximum absolute atomic E-state index is 4.16. The zero-order valence-electron chi connectivity index (χ0n) is 7.36. The minimum absolute atomic E-state index is 1.04. The highest BCUT2D eigenvalue weighted by Crippen LogP contribution is 2.27. The molecule has 0 amide bonds. The predicted molar refractivity (Wildman–Crippen MR) is 57.2 cm³/mol. The number of rotatable bonds is 3. The van der Waals surface area contributed by atoms with E-state index in [-0.39, 0.29) is 0 Å². The van der Waals surface area contributed by atoms with Crippen LogP contribution in [0.3, 0.4) is 0 Å². The van der Waals surface area contributed by atoms with Crippen LogP contribution in [0.15, 0.2) is 17.5 Å². The highest BCUT2D eigenvalue weighted by atomic mass is 32.1. The summed E-state index contributed by atoms with van der Waals surface area (Å²) in [4.78, 5) is 1.22. The van der Waals surface area contributed by atoms with Crippen molar-refractivity contribution in [2.45, 2.75) is 19.8 Å². The zero-order chi connectivity index (χ0) is 9.10. The quantitative estimate of drug-likeness (QED) is 0.777. The minimum Gasteiger partial charge on any atom is -0.143 e. The molecule has 0 saturated heterocycles. The van der Waals surface area contributed by atoms with Crippen molar-refractivity contribution in [3.05, 3.63) is 22.5 Å². The Kier molecular flexibility index (Phi) is 2.71. The van der Waals surface area contributed by atoms with Gasteiger partial charge in [0.1, 0.15) is 5.01 Å². The Hall–Kier alpha value is -0.740. The molecule has 0 fully saturated rings. The molecular weight excluding hydrogens is 200 g/mol. The summed E-state index contributed by atoms with van der Waals surface area (Å²) in [7, 11) is 0. The van der Waals surface area contributed by atoms with Crippen molar-refractivity contribution in [1.29, 1.82) is 0 Å². The van der Waals surface area contributed by atoms with E-state index in [0.717, 1.165) is 22.9 Å². The summed E-state index contributed by atoms with van der Waals surface area (Å²) in [5, 5.41) is 12.6. The molecule has 0 N–H and O–H groups in total. The van der Waals surface area contributed by atoms with E-state index < -0.39 is 0 Å². The second-order valence-electron chi connectivity index (χ2n) is 2.73. The molecule has 0 spiro atoms. The zero-order valence-corrected chi connectivity index (χ0v) is 8.99. The molecule has 0 radical (unpaired) electrons. The van der Waals surface area contributed by atoms with Gasteiger partial charge in [-0.05, 0) is 17.9 Å². The molecule has 2 aromatic heterocycles. The van der Waals surface area contributed by atoms with Crippen LogP contribution in [0.1, 0.15) is 18.4 Å². The summed E-state index contributed by atoms with van der Waals surface area (Å²) in [5.74, 6) is 0. The Bertz CT molecular complexity index is 365. The van der Waals surface area contributed by atoms with Gasteiger partial charge < -0.3 is 0 Å². The van der Waals surface area contributed by atoms with Gasteiger partial charge in [0.15, 0.2) is 5.01 Å². The molecule has 0 atom stereocenters. The smallest absolute Gasteiger partial charge is 0.143 e. The highest BCUT2D eigenvalue weighted by Gasteiger charge is 2.05. The molecule has 0 unspecified atom stereocenters. The van der Waals surface area contributed by atoms with Gasteiger partial charge in [-0.3, -0.25) is 0 Å². The van der Waals surface area contributed by atoms with Crippen LogP contribution >= 0.6 is 22.7 Å². The van der Waals surface area contributed by atoms with Crippen molar-refractivity contribution in [2.24, 2.45) is 0 Å². The van der Waals surface area contributed by atoms with Crippen molar-refractivity contribution < 1.29 is 0 Å². The van der Waals surface area contributed by atoms with E-state index in [9.17, 15) is 0 Å². The van der Waals surface area contributed by atoms with Gasteiger partial charge in [0, 0.05) is 6.42 Å². The molecule has 2 aromatic rings. The summed E-state index contributed by atoms with van der Waals surface area (Å²) in [6.45, 7) is 2.16. The Morgan fingerprint density at radius 2 is 2.31 bits per heavy atom. The predicted octanol–water partition coefficient (Wildman–Crippen LogP) is 3.22. The second-order valence-corrected chi connectivity index (χ2v) is 4.74. The first-order valence-electron chi connectivity index (χ1n) is 4.26. The second kappa shape index (κ2) is 3.98. The third-order valence-corrected chi connectivity index (χ3v) is 3.68. The summed E-state index contributed by atoms with van der Waals surface area (Å²) in [6, 6.07) is 4.13. The van der Waals surface area contributed by atoms with Crippen LogP contribution in [0.25, 0.3) is 9.88 Å². The Morgan fingerprint density at radius 3 is 3.00 bits per heavy atom.